The highest BCUT2D eigenvalue weighted by Gasteiger charge is 2.26. The largest absolute Gasteiger partial charge is 0.481 e. The Labute approximate surface area is 123 Å². The lowest BCUT2D eigenvalue weighted by Gasteiger charge is -2.28. The number of aliphatic carboxylic acids is 1. The number of H-pyrrole nitrogens is 1. The van der Waals surface area contributed by atoms with Crippen LogP contribution in [0.5, 0.6) is 0 Å². The second-order valence-electron chi connectivity index (χ2n) is 5.59. The van der Waals surface area contributed by atoms with Crippen LogP contribution in [0, 0.1) is 5.92 Å². The molecule has 0 aliphatic heterocycles. The van der Waals surface area contributed by atoms with E-state index in [1.807, 2.05) is 24.3 Å². The van der Waals surface area contributed by atoms with Crippen molar-refractivity contribution in [2.45, 2.75) is 31.7 Å². The van der Waals surface area contributed by atoms with Gasteiger partial charge in [0.15, 0.2) is 0 Å². The van der Waals surface area contributed by atoms with Crippen molar-refractivity contribution in [2.24, 2.45) is 5.92 Å². The van der Waals surface area contributed by atoms with Gasteiger partial charge >= 0.3 is 5.97 Å². The minimum Gasteiger partial charge on any atom is -0.481 e. The highest BCUT2D eigenvalue weighted by Crippen LogP contribution is 2.28. The summed E-state index contributed by atoms with van der Waals surface area (Å²) < 4.78 is 0. The van der Waals surface area contributed by atoms with Crippen LogP contribution >= 0.6 is 0 Å². The van der Waals surface area contributed by atoms with Crippen molar-refractivity contribution in [1.29, 1.82) is 0 Å². The molecule has 1 saturated carbocycles. The summed E-state index contributed by atoms with van der Waals surface area (Å²) >= 11 is 0. The molecule has 2 unspecified atom stereocenters. The molecule has 3 N–H and O–H groups in total. The van der Waals surface area contributed by atoms with Crippen LogP contribution < -0.4 is 5.32 Å². The molecule has 2 atom stereocenters. The summed E-state index contributed by atoms with van der Waals surface area (Å²) in [5, 5.41) is 19.5. The van der Waals surface area contributed by atoms with Gasteiger partial charge in [0.2, 0.25) is 0 Å². The van der Waals surface area contributed by atoms with Gasteiger partial charge < -0.3 is 10.4 Å². The minimum atomic E-state index is -0.673. The van der Waals surface area contributed by atoms with E-state index in [1.165, 1.54) is 0 Å². The Morgan fingerprint density at radius 3 is 3.00 bits per heavy atom. The summed E-state index contributed by atoms with van der Waals surface area (Å²) in [6.07, 6.45) is 5.21. The van der Waals surface area contributed by atoms with Crippen molar-refractivity contribution in [3.63, 3.8) is 0 Å². The van der Waals surface area contributed by atoms with Crippen molar-refractivity contribution in [3.8, 4) is 11.3 Å². The molecule has 3 rings (SSSR count). The van der Waals surface area contributed by atoms with Gasteiger partial charge in [-0.2, -0.15) is 5.10 Å². The quantitative estimate of drug-likeness (QED) is 0.806. The van der Waals surface area contributed by atoms with E-state index < -0.39 is 5.97 Å². The van der Waals surface area contributed by atoms with E-state index in [4.69, 9.17) is 5.11 Å². The number of carboxylic acid groups (broad SMARTS) is 1. The average Bonchev–Trinajstić information content (AvgIpc) is 3.02. The van der Waals surface area contributed by atoms with Gasteiger partial charge in [-0.15, -0.1) is 0 Å². The molecule has 0 amide bonds. The maximum absolute atomic E-state index is 11.1. The first kappa shape index (κ1) is 13.7. The first-order valence-corrected chi connectivity index (χ1v) is 7.31. The third-order valence-electron chi connectivity index (χ3n) is 4.07. The van der Waals surface area contributed by atoms with Crippen LogP contribution in [0.1, 0.15) is 25.7 Å². The van der Waals surface area contributed by atoms with Gasteiger partial charge in [0, 0.05) is 23.5 Å². The fourth-order valence-corrected chi connectivity index (χ4v) is 2.97. The Morgan fingerprint density at radius 2 is 2.24 bits per heavy atom. The molecule has 0 saturated heterocycles. The van der Waals surface area contributed by atoms with E-state index in [0.29, 0.717) is 6.42 Å². The summed E-state index contributed by atoms with van der Waals surface area (Å²) in [5.74, 6) is -0.889. The Balaban J connectivity index is 1.70. The molecule has 1 aromatic carbocycles. The van der Waals surface area contributed by atoms with E-state index in [0.717, 1.165) is 36.2 Å². The maximum Gasteiger partial charge on any atom is 0.306 e. The number of hydrogen-bond acceptors (Lipinski definition) is 3. The van der Waals surface area contributed by atoms with Gasteiger partial charge in [0.25, 0.3) is 0 Å². The van der Waals surface area contributed by atoms with Crippen LogP contribution in [0.3, 0.4) is 0 Å². The molecular formula is C16H19N3O2. The molecule has 0 bridgehead atoms. The van der Waals surface area contributed by atoms with Gasteiger partial charge in [-0.05, 0) is 37.5 Å². The maximum atomic E-state index is 11.1. The fraction of sp³-hybridized carbons (Fsp3) is 0.375. The first-order chi connectivity index (χ1) is 10.2. The molecule has 1 heterocycles. The van der Waals surface area contributed by atoms with E-state index in [9.17, 15) is 4.79 Å². The molecule has 5 heteroatoms. The summed E-state index contributed by atoms with van der Waals surface area (Å²) in [6, 6.07) is 10.3. The zero-order valence-electron chi connectivity index (χ0n) is 11.7. The topological polar surface area (TPSA) is 78.0 Å². The van der Waals surface area contributed by atoms with Gasteiger partial charge in [-0.25, -0.2) is 0 Å². The number of aromatic amines is 1. The Morgan fingerprint density at radius 1 is 1.33 bits per heavy atom. The van der Waals surface area contributed by atoms with Crippen LogP contribution in [0.4, 0.5) is 5.69 Å². The molecule has 110 valence electrons. The monoisotopic (exact) mass is 285 g/mol. The first-order valence-electron chi connectivity index (χ1n) is 7.31. The van der Waals surface area contributed by atoms with Gasteiger partial charge in [-0.3, -0.25) is 9.89 Å². The summed E-state index contributed by atoms with van der Waals surface area (Å²) in [6.45, 7) is 0. The van der Waals surface area contributed by atoms with Crippen LogP contribution in [-0.4, -0.2) is 27.3 Å². The third-order valence-corrected chi connectivity index (χ3v) is 4.07. The van der Waals surface area contributed by atoms with Crippen LogP contribution in [0.25, 0.3) is 11.3 Å². The SMILES string of the molecule is O=C(O)C1CCCC(Nc2cccc(-c3ccn[nH]3)c2)C1. The average molecular weight is 285 g/mol. The summed E-state index contributed by atoms with van der Waals surface area (Å²) in [4.78, 5) is 11.1. The van der Waals surface area contributed by atoms with Crippen molar-refractivity contribution in [3.05, 3.63) is 36.5 Å². The van der Waals surface area contributed by atoms with Crippen LogP contribution in [0.2, 0.25) is 0 Å². The standard InChI is InChI=1S/C16H19N3O2/c20-16(21)12-4-2-6-14(10-12)18-13-5-1-3-11(9-13)15-7-8-17-19-15/h1,3,5,7-9,12,14,18H,2,4,6,10H2,(H,17,19)(H,20,21). The lowest BCUT2D eigenvalue weighted by atomic mass is 9.85. The van der Waals surface area contributed by atoms with E-state index in [2.05, 4.69) is 21.6 Å². The fourth-order valence-electron chi connectivity index (χ4n) is 2.97. The molecule has 1 aliphatic rings. The number of carboxylic acids is 1. The minimum absolute atomic E-state index is 0.216. The van der Waals surface area contributed by atoms with Crippen LogP contribution in [-0.2, 0) is 4.79 Å². The van der Waals surface area contributed by atoms with Gasteiger partial charge in [0.05, 0.1) is 11.6 Å². The molecular weight excluding hydrogens is 266 g/mol. The number of anilines is 1. The number of nitrogens with one attached hydrogen (secondary N) is 2. The van der Waals surface area contributed by atoms with Crippen molar-refractivity contribution >= 4 is 11.7 Å². The van der Waals surface area contributed by atoms with Gasteiger partial charge in [-0.1, -0.05) is 18.6 Å². The number of benzene rings is 1. The molecule has 2 aromatic rings. The number of aromatic nitrogens is 2. The smallest absolute Gasteiger partial charge is 0.306 e. The highest BCUT2D eigenvalue weighted by atomic mass is 16.4. The van der Waals surface area contributed by atoms with Crippen LogP contribution in [0.15, 0.2) is 36.5 Å². The van der Waals surface area contributed by atoms with E-state index >= 15 is 0 Å². The Bertz CT molecular complexity index is 610. The van der Waals surface area contributed by atoms with Crippen molar-refractivity contribution in [1.82, 2.24) is 10.2 Å². The number of nitrogens with zero attached hydrogens (tertiary/aromatic N) is 1. The molecule has 21 heavy (non-hydrogen) atoms. The lowest BCUT2D eigenvalue weighted by molar-refractivity contribution is -0.142. The van der Waals surface area contributed by atoms with Crippen molar-refractivity contribution < 1.29 is 9.90 Å². The number of hydrogen-bond donors (Lipinski definition) is 3. The zero-order valence-corrected chi connectivity index (χ0v) is 11.7. The predicted molar refractivity (Wildman–Crippen MR) is 81.0 cm³/mol. The molecule has 0 spiro atoms. The molecule has 1 aliphatic carbocycles. The predicted octanol–water partition coefficient (Wildman–Crippen LogP) is 3.13. The van der Waals surface area contributed by atoms with E-state index in [1.54, 1.807) is 6.20 Å². The lowest BCUT2D eigenvalue weighted by Crippen LogP contribution is -2.30. The van der Waals surface area contributed by atoms with E-state index in [-0.39, 0.29) is 12.0 Å². The molecule has 0 radical (unpaired) electrons. The molecule has 1 aromatic heterocycles. The molecule has 5 nitrogen and oxygen atoms in total. The second kappa shape index (κ2) is 5.99. The van der Waals surface area contributed by atoms with Gasteiger partial charge in [0.1, 0.15) is 0 Å². The number of rotatable bonds is 4. The summed E-state index contributed by atoms with van der Waals surface area (Å²) in [7, 11) is 0. The second-order valence-corrected chi connectivity index (χ2v) is 5.59. The Hall–Kier alpha value is -2.30. The normalized spacial score (nSPS) is 21.9. The zero-order chi connectivity index (χ0) is 14.7. The number of carbonyl (C=O) groups is 1. The summed E-state index contributed by atoms with van der Waals surface area (Å²) in [5.41, 5.74) is 3.08. The Kier molecular flexibility index (Phi) is 3.90. The highest BCUT2D eigenvalue weighted by molar-refractivity contribution is 5.70. The van der Waals surface area contributed by atoms with Crippen molar-refractivity contribution in [2.75, 3.05) is 5.32 Å². The molecule has 1 fully saturated rings. The third kappa shape index (κ3) is 3.24.